The third-order valence-corrected chi connectivity index (χ3v) is 4.18. The number of benzene rings is 2. The van der Waals surface area contributed by atoms with E-state index in [-0.39, 0.29) is 5.91 Å². The van der Waals surface area contributed by atoms with Crippen molar-refractivity contribution < 1.29 is 4.79 Å². The van der Waals surface area contributed by atoms with Gasteiger partial charge in [-0.05, 0) is 49.4 Å². The molecule has 0 saturated heterocycles. The second-order valence-electron chi connectivity index (χ2n) is 5.75. The van der Waals surface area contributed by atoms with Gasteiger partial charge in [-0.2, -0.15) is 0 Å². The fourth-order valence-electron chi connectivity index (χ4n) is 3.02. The van der Waals surface area contributed by atoms with Gasteiger partial charge < -0.3 is 10.3 Å². The Morgan fingerprint density at radius 1 is 1.09 bits per heavy atom. The largest absolute Gasteiger partial charge is 0.399 e. The highest BCUT2D eigenvalue weighted by atomic mass is 16.2. The normalized spacial score (nSPS) is 11.4. The predicted octanol–water partition coefficient (Wildman–Crippen LogP) is 3.11. The van der Waals surface area contributed by atoms with E-state index in [1.165, 1.54) is 0 Å². The molecule has 0 aliphatic carbocycles. The van der Waals surface area contributed by atoms with Crippen molar-refractivity contribution in [3.63, 3.8) is 0 Å². The molecule has 4 rings (SSSR count). The van der Waals surface area contributed by atoms with Crippen molar-refractivity contribution in [1.82, 2.24) is 14.1 Å². The molecule has 2 N–H and O–H groups in total. The van der Waals surface area contributed by atoms with Crippen LogP contribution in [0.1, 0.15) is 16.2 Å². The molecule has 5 heteroatoms. The van der Waals surface area contributed by atoms with E-state index in [0.29, 0.717) is 17.1 Å². The second kappa shape index (κ2) is 4.71. The van der Waals surface area contributed by atoms with Crippen molar-refractivity contribution in [2.75, 3.05) is 5.73 Å². The first-order chi connectivity index (χ1) is 11.0. The molecule has 0 amide bonds. The summed E-state index contributed by atoms with van der Waals surface area (Å²) in [6.07, 6.45) is 1.99. The number of imidazole rings is 1. The third kappa shape index (κ3) is 2.01. The zero-order chi connectivity index (χ0) is 16.1. The molecule has 4 aromatic rings. The van der Waals surface area contributed by atoms with Crippen LogP contribution in [0.4, 0.5) is 5.69 Å². The third-order valence-electron chi connectivity index (χ3n) is 4.18. The average Bonchev–Trinajstić information content (AvgIpc) is 3.05. The summed E-state index contributed by atoms with van der Waals surface area (Å²) in [6, 6.07) is 13.2. The van der Waals surface area contributed by atoms with E-state index >= 15 is 0 Å². The number of carbonyl (C=O) groups is 1. The van der Waals surface area contributed by atoms with Crippen LogP contribution in [0.15, 0.2) is 48.7 Å². The number of fused-ring (bicyclic) bond motifs is 2. The van der Waals surface area contributed by atoms with E-state index in [4.69, 9.17) is 5.73 Å². The molecule has 0 saturated carbocycles. The topological polar surface area (TPSA) is 65.8 Å². The second-order valence-corrected chi connectivity index (χ2v) is 5.75. The highest BCUT2D eigenvalue weighted by Gasteiger charge is 2.16. The fraction of sp³-hybridized carbons (Fsp3) is 0.111. The van der Waals surface area contributed by atoms with Crippen molar-refractivity contribution in [2.45, 2.75) is 6.92 Å². The number of nitrogens with zero attached hydrogens (tertiary/aromatic N) is 3. The molecule has 0 unspecified atom stereocenters. The van der Waals surface area contributed by atoms with Crippen LogP contribution in [0.2, 0.25) is 0 Å². The highest BCUT2D eigenvalue weighted by molar-refractivity contribution is 6.04. The molecule has 2 heterocycles. The van der Waals surface area contributed by atoms with Crippen LogP contribution >= 0.6 is 0 Å². The van der Waals surface area contributed by atoms with Gasteiger partial charge in [-0.15, -0.1) is 0 Å². The van der Waals surface area contributed by atoms with Gasteiger partial charge in [-0.3, -0.25) is 9.36 Å². The quantitative estimate of drug-likeness (QED) is 0.549. The molecule has 0 atom stereocenters. The van der Waals surface area contributed by atoms with Crippen molar-refractivity contribution in [1.29, 1.82) is 0 Å². The number of nitrogen functional groups attached to an aromatic ring is 1. The van der Waals surface area contributed by atoms with Gasteiger partial charge in [0.2, 0.25) is 0 Å². The highest BCUT2D eigenvalue weighted by Crippen LogP contribution is 2.22. The van der Waals surface area contributed by atoms with Crippen LogP contribution in [-0.2, 0) is 7.05 Å². The minimum absolute atomic E-state index is 0.0828. The van der Waals surface area contributed by atoms with Gasteiger partial charge in [-0.25, -0.2) is 4.98 Å². The molecule has 23 heavy (non-hydrogen) atoms. The van der Waals surface area contributed by atoms with E-state index in [2.05, 4.69) is 4.98 Å². The van der Waals surface area contributed by atoms with E-state index in [9.17, 15) is 4.79 Å². The summed E-state index contributed by atoms with van der Waals surface area (Å²) in [5, 5.41) is 1.05. The number of nitrogens with two attached hydrogens (primary N) is 1. The molecular weight excluding hydrogens is 288 g/mol. The van der Waals surface area contributed by atoms with Crippen molar-refractivity contribution in [2.24, 2.45) is 7.05 Å². The predicted molar refractivity (Wildman–Crippen MR) is 91.5 cm³/mol. The maximum absolute atomic E-state index is 13.0. The average molecular weight is 304 g/mol. The lowest BCUT2D eigenvalue weighted by atomic mass is 10.1. The smallest absolute Gasteiger partial charge is 0.263 e. The van der Waals surface area contributed by atoms with Crippen LogP contribution in [0.3, 0.4) is 0 Å². The monoisotopic (exact) mass is 304 g/mol. The molecule has 0 bridgehead atoms. The summed E-state index contributed by atoms with van der Waals surface area (Å²) < 4.78 is 3.67. The van der Waals surface area contributed by atoms with E-state index < -0.39 is 0 Å². The lowest BCUT2D eigenvalue weighted by molar-refractivity contribution is 0.0962. The Labute approximate surface area is 133 Å². The first-order valence-electron chi connectivity index (χ1n) is 7.39. The van der Waals surface area contributed by atoms with Crippen LogP contribution in [-0.4, -0.2) is 20.0 Å². The van der Waals surface area contributed by atoms with Gasteiger partial charge in [-0.1, -0.05) is 0 Å². The summed E-state index contributed by atoms with van der Waals surface area (Å²) in [4.78, 5) is 17.4. The number of anilines is 1. The Balaban J connectivity index is 1.88. The molecule has 0 spiro atoms. The molecule has 5 nitrogen and oxygen atoms in total. The van der Waals surface area contributed by atoms with Crippen molar-refractivity contribution in [3.8, 4) is 0 Å². The van der Waals surface area contributed by atoms with Crippen LogP contribution in [0.25, 0.3) is 21.9 Å². The van der Waals surface area contributed by atoms with Crippen LogP contribution in [0, 0.1) is 6.92 Å². The molecular formula is C18H16N4O. The van der Waals surface area contributed by atoms with Crippen LogP contribution in [0.5, 0.6) is 0 Å². The Kier molecular flexibility index (Phi) is 2.78. The summed E-state index contributed by atoms with van der Waals surface area (Å²) >= 11 is 0. The molecule has 2 aromatic carbocycles. The maximum atomic E-state index is 13.0. The lowest BCUT2D eigenvalue weighted by Gasteiger charge is -2.06. The molecule has 0 fully saturated rings. The first kappa shape index (κ1) is 13.6. The zero-order valence-corrected chi connectivity index (χ0v) is 12.9. The first-order valence-corrected chi connectivity index (χ1v) is 7.39. The lowest BCUT2D eigenvalue weighted by Crippen LogP contribution is -2.13. The minimum Gasteiger partial charge on any atom is -0.399 e. The van der Waals surface area contributed by atoms with Crippen molar-refractivity contribution in [3.05, 3.63) is 60.0 Å². The van der Waals surface area contributed by atoms with Gasteiger partial charge >= 0.3 is 0 Å². The van der Waals surface area contributed by atoms with Gasteiger partial charge in [0, 0.05) is 35.4 Å². The summed E-state index contributed by atoms with van der Waals surface area (Å²) in [5.41, 5.74) is 9.68. The number of aromatic nitrogens is 3. The zero-order valence-electron chi connectivity index (χ0n) is 12.9. The van der Waals surface area contributed by atoms with Gasteiger partial charge in [0.25, 0.3) is 5.91 Å². The SMILES string of the molecule is Cc1nc2cc(N)ccc2n1C(=O)c1ccc2c(ccn2C)c1. The van der Waals surface area contributed by atoms with Gasteiger partial charge in [0.15, 0.2) is 0 Å². The number of hydrogen-bond acceptors (Lipinski definition) is 3. The van der Waals surface area contributed by atoms with E-state index in [0.717, 1.165) is 21.9 Å². The molecule has 0 radical (unpaired) electrons. The standard InChI is InChI=1S/C18H16N4O/c1-11-20-15-10-14(19)4-6-17(15)22(11)18(23)13-3-5-16-12(9-13)7-8-21(16)2/h3-10H,19H2,1-2H3. The summed E-state index contributed by atoms with van der Waals surface area (Å²) in [6.45, 7) is 1.83. The Bertz CT molecular complexity index is 1070. The van der Waals surface area contributed by atoms with E-state index in [1.54, 1.807) is 16.7 Å². The number of aryl methyl sites for hydroxylation is 2. The maximum Gasteiger partial charge on any atom is 0.263 e. The minimum atomic E-state index is -0.0828. The van der Waals surface area contributed by atoms with E-state index in [1.807, 2.05) is 55.1 Å². The number of rotatable bonds is 1. The Morgan fingerprint density at radius 3 is 2.70 bits per heavy atom. The summed E-state index contributed by atoms with van der Waals surface area (Å²) in [7, 11) is 1.99. The van der Waals surface area contributed by atoms with Gasteiger partial charge in [0.05, 0.1) is 11.0 Å². The number of hydrogen-bond donors (Lipinski definition) is 1. The molecule has 2 aromatic heterocycles. The van der Waals surface area contributed by atoms with Gasteiger partial charge in [0.1, 0.15) is 5.82 Å². The Morgan fingerprint density at radius 2 is 1.87 bits per heavy atom. The molecule has 0 aliphatic heterocycles. The van der Waals surface area contributed by atoms with Crippen LogP contribution < -0.4 is 5.73 Å². The molecule has 0 aliphatic rings. The number of carbonyl (C=O) groups excluding carboxylic acids is 1. The molecule has 114 valence electrons. The summed E-state index contributed by atoms with van der Waals surface area (Å²) in [5.74, 6) is 0.573. The van der Waals surface area contributed by atoms with Crippen molar-refractivity contribution >= 4 is 33.5 Å². The fourth-order valence-corrected chi connectivity index (χ4v) is 3.02. The Hall–Kier alpha value is -3.08.